The Morgan fingerprint density at radius 1 is 1.19 bits per heavy atom. The molecule has 3 aromatic carbocycles. The molecule has 0 fully saturated rings. The molecule has 11 heteroatoms. The molecule has 1 aliphatic heterocycles. The molecule has 0 aliphatic carbocycles. The molecule has 0 saturated heterocycles. The van der Waals surface area contributed by atoms with Crippen molar-refractivity contribution in [2.24, 2.45) is 4.99 Å². The number of H-pyrrole nitrogens is 1. The number of fused-ring (bicyclic) bond motifs is 2. The van der Waals surface area contributed by atoms with Crippen molar-refractivity contribution in [3.63, 3.8) is 0 Å². The van der Waals surface area contributed by atoms with Crippen molar-refractivity contribution < 1.29 is 14.0 Å². The lowest BCUT2D eigenvalue weighted by Crippen LogP contribution is -2.28. The first-order valence-electron chi connectivity index (χ1n) is 11.3. The largest absolute Gasteiger partial charge is 0.358 e. The monoisotopic (exact) mass is 583 g/mol. The highest BCUT2D eigenvalue weighted by Gasteiger charge is 2.29. The summed E-state index contributed by atoms with van der Waals surface area (Å²) in [6.45, 7) is -0.187. The summed E-state index contributed by atoms with van der Waals surface area (Å²) in [6.07, 6.45) is 0.258. The molecule has 0 radical (unpaired) electrons. The smallest absolute Gasteiger partial charge is 0.326 e. The van der Waals surface area contributed by atoms with E-state index in [1.807, 2.05) is 24.3 Å². The van der Waals surface area contributed by atoms with Crippen molar-refractivity contribution in [1.82, 2.24) is 14.9 Å². The van der Waals surface area contributed by atoms with Crippen molar-refractivity contribution in [2.75, 3.05) is 12.4 Å². The van der Waals surface area contributed by atoms with Gasteiger partial charge in [-0.3, -0.25) is 19.1 Å². The highest BCUT2D eigenvalue weighted by Crippen LogP contribution is 2.32. The van der Waals surface area contributed by atoms with Gasteiger partial charge < -0.3 is 15.6 Å². The number of aromatic amines is 1. The molecule has 5 rings (SSSR count). The van der Waals surface area contributed by atoms with Crippen LogP contribution < -0.4 is 16.3 Å². The van der Waals surface area contributed by atoms with Crippen LogP contribution >= 0.6 is 27.5 Å². The van der Waals surface area contributed by atoms with Crippen molar-refractivity contribution in [2.45, 2.75) is 19.0 Å². The number of carbonyl (C=O) groups excluding carboxylic acids is 2. The van der Waals surface area contributed by atoms with E-state index in [2.05, 4.69) is 31.5 Å². The summed E-state index contributed by atoms with van der Waals surface area (Å²) in [6, 6.07) is 14.3. The predicted molar refractivity (Wildman–Crippen MR) is 144 cm³/mol. The van der Waals surface area contributed by atoms with E-state index in [0.717, 1.165) is 16.1 Å². The zero-order valence-corrected chi connectivity index (χ0v) is 21.8. The lowest BCUT2D eigenvalue weighted by atomic mass is 9.99. The quantitative estimate of drug-likeness (QED) is 0.330. The van der Waals surface area contributed by atoms with Crippen LogP contribution in [0.2, 0.25) is 5.02 Å². The zero-order chi connectivity index (χ0) is 26.3. The molecule has 4 aromatic rings. The van der Waals surface area contributed by atoms with Crippen LogP contribution in [-0.4, -0.2) is 40.2 Å². The number of aliphatic imine (C=N–C) groups is 1. The van der Waals surface area contributed by atoms with Gasteiger partial charge in [-0.05, 0) is 35.9 Å². The Kier molecular flexibility index (Phi) is 6.70. The summed E-state index contributed by atoms with van der Waals surface area (Å²) >= 11 is 9.71. The first-order chi connectivity index (χ1) is 17.7. The number of halogens is 3. The molecule has 1 unspecified atom stereocenters. The number of imidazole rings is 1. The van der Waals surface area contributed by atoms with Gasteiger partial charge >= 0.3 is 5.69 Å². The van der Waals surface area contributed by atoms with Crippen LogP contribution in [0, 0.1) is 5.82 Å². The Bertz CT molecular complexity index is 1660. The molecule has 0 spiro atoms. The Morgan fingerprint density at radius 2 is 1.97 bits per heavy atom. The van der Waals surface area contributed by atoms with Gasteiger partial charge in [-0.1, -0.05) is 51.8 Å². The van der Waals surface area contributed by atoms with E-state index >= 15 is 4.39 Å². The third-order valence-electron chi connectivity index (χ3n) is 6.15. The van der Waals surface area contributed by atoms with E-state index in [0.29, 0.717) is 27.9 Å². The van der Waals surface area contributed by atoms with Crippen molar-refractivity contribution in [3.8, 4) is 0 Å². The summed E-state index contributed by atoms with van der Waals surface area (Å²) in [5.74, 6) is -1.50. The van der Waals surface area contributed by atoms with Crippen LogP contribution in [0.3, 0.4) is 0 Å². The van der Waals surface area contributed by atoms with Crippen LogP contribution in [0.15, 0.2) is 68.9 Å². The molecule has 8 nitrogen and oxygen atoms in total. The number of amides is 2. The van der Waals surface area contributed by atoms with E-state index in [9.17, 15) is 14.4 Å². The maximum Gasteiger partial charge on any atom is 0.326 e. The summed E-state index contributed by atoms with van der Waals surface area (Å²) in [7, 11) is 1.48. The lowest BCUT2D eigenvalue weighted by Gasteiger charge is -2.13. The summed E-state index contributed by atoms with van der Waals surface area (Å²) < 4.78 is 17.2. The average Bonchev–Trinajstić information content (AvgIpc) is 3.10. The molecule has 37 heavy (non-hydrogen) atoms. The molecule has 1 aliphatic rings. The minimum Gasteiger partial charge on any atom is -0.358 e. The fourth-order valence-electron chi connectivity index (χ4n) is 4.30. The second kappa shape index (κ2) is 9.95. The predicted octanol–water partition coefficient (Wildman–Crippen LogP) is 4.03. The minimum atomic E-state index is -0.880. The number of aromatic nitrogens is 2. The SMILES string of the molecule is CNC(=O)Cn1c(=O)[nH]c2ccc(C3=NC(Cc4ccccc4Br)C(=O)Nc4c(F)cc(Cl)cc43)cc21. The standard InChI is InChI=1S/C26H20BrClFN5O3/c1-30-22(35)12-34-21-9-14(6-7-19(21)32-26(34)37)23-16-10-15(28)11-18(29)24(16)33-25(36)20(31-23)8-13-4-2-3-5-17(13)27/h2-7,9-11,20H,8,12H2,1H3,(H,30,35)(H,32,37)(H,33,36). The van der Waals surface area contributed by atoms with E-state index in [4.69, 9.17) is 16.6 Å². The molecular weight excluding hydrogens is 565 g/mol. The van der Waals surface area contributed by atoms with E-state index in [1.165, 1.54) is 11.6 Å². The molecule has 3 N–H and O–H groups in total. The van der Waals surface area contributed by atoms with Crippen molar-refractivity contribution in [1.29, 1.82) is 0 Å². The second-order valence-electron chi connectivity index (χ2n) is 8.51. The summed E-state index contributed by atoms with van der Waals surface area (Å²) in [5.41, 5.74) is 2.52. The normalized spacial score (nSPS) is 15.1. The number of carbonyl (C=O) groups is 2. The van der Waals surface area contributed by atoms with Gasteiger partial charge in [0.05, 0.1) is 22.4 Å². The lowest BCUT2D eigenvalue weighted by molar-refractivity contribution is -0.121. The van der Waals surface area contributed by atoms with E-state index in [1.54, 1.807) is 24.3 Å². The van der Waals surface area contributed by atoms with Gasteiger partial charge in [0.1, 0.15) is 18.4 Å². The molecule has 2 heterocycles. The fraction of sp³-hybridized carbons (Fsp3) is 0.154. The maximum absolute atomic E-state index is 15.0. The van der Waals surface area contributed by atoms with Crippen LogP contribution in [0.25, 0.3) is 11.0 Å². The van der Waals surface area contributed by atoms with Crippen molar-refractivity contribution in [3.05, 3.63) is 97.1 Å². The molecule has 2 amide bonds. The van der Waals surface area contributed by atoms with Crippen LogP contribution in [0.5, 0.6) is 0 Å². The first kappa shape index (κ1) is 24.9. The summed E-state index contributed by atoms with van der Waals surface area (Å²) in [4.78, 5) is 45.3. The number of likely N-dealkylation sites (N-methyl/N-ethyl adjacent to an activating group) is 1. The highest BCUT2D eigenvalue weighted by molar-refractivity contribution is 9.10. The minimum absolute atomic E-state index is 0.0281. The maximum atomic E-state index is 15.0. The van der Waals surface area contributed by atoms with E-state index < -0.39 is 23.5 Å². The topological polar surface area (TPSA) is 108 Å². The summed E-state index contributed by atoms with van der Waals surface area (Å²) in [5, 5.41) is 5.32. The number of nitrogens with zero attached hydrogens (tertiary/aromatic N) is 2. The van der Waals surface area contributed by atoms with Gasteiger partial charge in [-0.25, -0.2) is 9.18 Å². The number of benzodiazepines with no additional fused rings is 1. The molecular formula is C26H20BrClFN5O3. The first-order valence-corrected chi connectivity index (χ1v) is 12.5. The fourth-order valence-corrected chi connectivity index (χ4v) is 4.95. The number of rotatable bonds is 5. The molecule has 188 valence electrons. The molecule has 1 aromatic heterocycles. The van der Waals surface area contributed by atoms with E-state index in [-0.39, 0.29) is 29.6 Å². The molecule has 0 saturated carbocycles. The Morgan fingerprint density at radius 3 is 2.73 bits per heavy atom. The van der Waals surface area contributed by atoms with Gasteiger partial charge in [0.25, 0.3) is 0 Å². The Balaban J connectivity index is 1.70. The van der Waals surface area contributed by atoms with Crippen LogP contribution in [-0.2, 0) is 22.6 Å². The Hall–Kier alpha value is -3.76. The molecule has 1 atom stereocenters. The number of anilines is 1. The third kappa shape index (κ3) is 4.82. The van der Waals surface area contributed by atoms with Gasteiger partial charge in [-0.2, -0.15) is 0 Å². The van der Waals surface area contributed by atoms with Gasteiger partial charge in [0.15, 0.2) is 0 Å². The highest BCUT2D eigenvalue weighted by atomic mass is 79.9. The zero-order valence-electron chi connectivity index (χ0n) is 19.4. The van der Waals surface area contributed by atoms with Crippen LogP contribution in [0.1, 0.15) is 16.7 Å². The van der Waals surface area contributed by atoms with Gasteiger partial charge in [-0.15, -0.1) is 0 Å². The second-order valence-corrected chi connectivity index (χ2v) is 9.80. The van der Waals surface area contributed by atoms with Crippen molar-refractivity contribution >= 4 is 61.8 Å². The van der Waals surface area contributed by atoms with Crippen LogP contribution in [0.4, 0.5) is 10.1 Å². The number of hydrogen-bond acceptors (Lipinski definition) is 4. The van der Waals surface area contributed by atoms with Gasteiger partial charge in [0, 0.05) is 34.1 Å². The molecule has 0 bridgehead atoms. The number of nitrogens with one attached hydrogen (secondary N) is 3. The Labute approximate surface area is 223 Å². The number of benzene rings is 3. The van der Waals surface area contributed by atoms with Gasteiger partial charge in [0.2, 0.25) is 11.8 Å². The average molecular weight is 585 g/mol. The number of hydrogen-bond donors (Lipinski definition) is 3. The third-order valence-corrected chi connectivity index (χ3v) is 7.14.